The number of nitrogens with one attached hydrogen (secondary N) is 2. The maximum absolute atomic E-state index is 6.18. The number of H-pyrrole nitrogens is 1. The van der Waals surface area contributed by atoms with Crippen LogP contribution in [0.25, 0.3) is 5.52 Å². The number of rotatable bonds is 8. The lowest BCUT2D eigenvalue weighted by Gasteiger charge is -2.12. The van der Waals surface area contributed by atoms with Crippen LogP contribution in [0.15, 0.2) is 30.7 Å². The number of aromatic amines is 1. The zero-order chi connectivity index (χ0) is 22.9. The second kappa shape index (κ2) is 8.83. The Bertz CT molecular complexity index is 1240. The molecule has 0 amide bonds. The van der Waals surface area contributed by atoms with Crippen molar-refractivity contribution in [2.75, 3.05) is 19.0 Å². The van der Waals surface area contributed by atoms with Gasteiger partial charge in [0.05, 0.1) is 24.6 Å². The Balaban J connectivity index is 1.26. The Hall–Kier alpha value is -3.44. The molecular formula is C22H28N8O3. The molecule has 0 unspecified atom stereocenters. The Kier molecular flexibility index (Phi) is 5.73. The van der Waals surface area contributed by atoms with Gasteiger partial charge in [-0.25, -0.2) is 9.50 Å². The molecule has 1 saturated heterocycles. The van der Waals surface area contributed by atoms with E-state index in [1.54, 1.807) is 28.7 Å². The molecule has 5 heterocycles. The normalized spacial score (nSPS) is 18.5. The van der Waals surface area contributed by atoms with Crippen LogP contribution in [-0.4, -0.2) is 54.4 Å². The van der Waals surface area contributed by atoms with Gasteiger partial charge in [0.15, 0.2) is 11.6 Å². The number of aromatic nitrogens is 7. The zero-order valence-electron chi connectivity index (χ0n) is 19.1. The van der Waals surface area contributed by atoms with Gasteiger partial charge in [-0.05, 0) is 12.0 Å². The van der Waals surface area contributed by atoms with Crippen molar-refractivity contribution in [2.24, 2.45) is 7.05 Å². The first kappa shape index (κ1) is 21.4. The molecular weight excluding hydrogens is 424 g/mol. The lowest BCUT2D eigenvalue weighted by Crippen LogP contribution is -2.17. The molecule has 11 nitrogen and oxygen atoms in total. The number of aryl methyl sites for hydroxylation is 1. The molecule has 33 heavy (non-hydrogen) atoms. The molecule has 0 aromatic carbocycles. The van der Waals surface area contributed by atoms with Crippen molar-refractivity contribution in [1.29, 1.82) is 0 Å². The summed E-state index contributed by atoms with van der Waals surface area (Å²) < 4.78 is 20.9. The Morgan fingerprint density at radius 3 is 3.00 bits per heavy atom. The molecule has 0 spiro atoms. The highest BCUT2D eigenvalue weighted by Gasteiger charge is 2.31. The molecule has 174 valence electrons. The summed E-state index contributed by atoms with van der Waals surface area (Å²) in [5.41, 5.74) is 3.66. The number of anilines is 2. The zero-order valence-corrected chi connectivity index (χ0v) is 19.1. The third kappa shape index (κ3) is 4.41. The molecule has 4 aromatic rings. The van der Waals surface area contributed by atoms with Gasteiger partial charge < -0.3 is 19.5 Å². The summed E-state index contributed by atoms with van der Waals surface area (Å²) in [4.78, 5) is 4.44. The van der Waals surface area contributed by atoms with Crippen molar-refractivity contribution in [1.82, 2.24) is 34.6 Å². The average Bonchev–Trinajstić information content (AvgIpc) is 3.55. The van der Waals surface area contributed by atoms with Gasteiger partial charge in [-0.1, -0.05) is 13.8 Å². The van der Waals surface area contributed by atoms with Crippen LogP contribution in [0, 0.1) is 0 Å². The molecule has 1 fully saturated rings. The molecule has 0 radical (unpaired) electrons. The van der Waals surface area contributed by atoms with E-state index in [1.807, 2.05) is 25.4 Å². The lowest BCUT2D eigenvalue weighted by molar-refractivity contribution is 0.0906. The summed E-state index contributed by atoms with van der Waals surface area (Å²) in [7, 11) is 3.55. The minimum atomic E-state index is -0.128. The highest BCUT2D eigenvalue weighted by Crippen LogP contribution is 2.33. The van der Waals surface area contributed by atoms with Crippen molar-refractivity contribution in [3.8, 4) is 5.88 Å². The maximum Gasteiger partial charge on any atom is 0.236 e. The number of hydrogen-bond donors (Lipinski definition) is 2. The molecule has 0 aliphatic carbocycles. The molecule has 0 bridgehead atoms. The SMILES string of the molecule is COCc1cc2c(Nc3cc([C@H]4C[C@@H](Oc5nn(C)cc5C(C)C)CO4)[nH]n3)nccn2n1. The quantitative estimate of drug-likeness (QED) is 0.419. The molecule has 2 N–H and O–H groups in total. The van der Waals surface area contributed by atoms with Crippen LogP contribution >= 0.6 is 0 Å². The highest BCUT2D eigenvalue weighted by molar-refractivity contribution is 5.72. The largest absolute Gasteiger partial charge is 0.471 e. The molecule has 11 heteroatoms. The van der Waals surface area contributed by atoms with Gasteiger partial charge in [0.25, 0.3) is 0 Å². The first-order valence-electron chi connectivity index (χ1n) is 11.0. The van der Waals surface area contributed by atoms with Crippen LogP contribution in [0.5, 0.6) is 5.88 Å². The standard InChI is InChI=1S/C22H28N8O3/c1-13(2)16-10-29(3)28-22(16)33-15-8-19(32-12-15)17-9-20(26-25-17)24-21-18-7-14(11-31-4)27-30(18)6-5-23-21/h5-7,9-10,13,15,19H,8,11-12H2,1-4H3,(H2,23,24,25,26)/t15-,19-/m1/s1. The third-order valence-electron chi connectivity index (χ3n) is 5.61. The fraction of sp³-hybridized carbons (Fsp3) is 0.455. The van der Waals surface area contributed by atoms with Gasteiger partial charge in [0.1, 0.15) is 17.7 Å². The fourth-order valence-electron chi connectivity index (χ4n) is 4.00. The van der Waals surface area contributed by atoms with Gasteiger partial charge in [-0.2, -0.15) is 10.2 Å². The van der Waals surface area contributed by atoms with Crippen LogP contribution in [0.3, 0.4) is 0 Å². The first-order chi connectivity index (χ1) is 16.0. The lowest BCUT2D eigenvalue weighted by atomic mass is 10.1. The van der Waals surface area contributed by atoms with Gasteiger partial charge in [0, 0.05) is 50.8 Å². The number of nitrogens with zero attached hydrogens (tertiary/aromatic N) is 6. The predicted molar refractivity (Wildman–Crippen MR) is 121 cm³/mol. The third-order valence-corrected chi connectivity index (χ3v) is 5.61. The van der Waals surface area contributed by atoms with Gasteiger partial charge in [-0.3, -0.25) is 9.78 Å². The van der Waals surface area contributed by atoms with E-state index >= 15 is 0 Å². The average molecular weight is 453 g/mol. The van der Waals surface area contributed by atoms with Gasteiger partial charge in [-0.15, -0.1) is 5.10 Å². The number of fused-ring (bicyclic) bond motifs is 1. The number of ether oxygens (including phenoxy) is 3. The van der Waals surface area contributed by atoms with Crippen LogP contribution < -0.4 is 10.1 Å². The Labute approximate surface area is 191 Å². The summed E-state index contributed by atoms with van der Waals surface area (Å²) >= 11 is 0. The highest BCUT2D eigenvalue weighted by atomic mass is 16.6. The van der Waals surface area contributed by atoms with E-state index in [-0.39, 0.29) is 12.2 Å². The summed E-state index contributed by atoms with van der Waals surface area (Å²) in [6.07, 6.45) is 6.02. The predicted octanol–water partition coefficient (Wildman–Crippen LogP) is 3.11. The van der Waals surface area contributed by atoms with Crippen molar-refractivity contribution in [2.45, 2.75) is 45.0 Å². The van der Waals surface area contributed by atoms with E-state index in [9.17, 15) is 0 Å². The van der Waals surface area contributed by atoms with Crippen LogP contribution in [0.4, 0.5) is 11.6 Å². The minimum absolute atomic E-state index is 0.0662. The summed E-state index contributed by atoms with van der Waals surface area (Å²) in [5, 5.41) is 19.7. The molecule has 0 saturated carbocycles. The second-order valence-electron chi connectivity index (χ2n) is 8.52. The molecule has 4 aromatic heterocycles. The van der Waals surface area contributed by atoms with Gasteiger partial charge >= 0.3 is 0 Å². The van der Waals surface area contributed by atoms with E-state index in [0.717, 1.165) is 22.5 Å². The smallest absolute Gasteiger partial charge is 0.236 e. The van der Waals surface area contributed by atoms with E-state index in [1.165, 1.54) is 0 Å². The number of hydrogen-bond acceptors (Lipinski definition) is 8. The first-order valence-corrected chi connectivity index (χ1v) is 11.0. The van der Waals surface area contributed by atoms with E-state index in [4.69, 9.17) is 14.2 Å². The van der Waals surface area contributed by atoms with Crippen LogP contribution in [-0.2, 0) is 23.1 Å². The Morgan fingerprint density at radius 1 is 1.30 bits per heavy atom. The molecule has 1 aliphatic rings. The monoisotopic (exact) mass is 452 g/mol. The maximum atomic E-state index is 6.18. The van der Waals surface area contributed by atoms with Crippen molar-refractivity contribution < 1.29 is 14.2 Å². The van der Waals surface area contributed by atoms with Crippen molar-refractivity contribution >= 4 is 17.2 Å². The molecule has 1 aliphatic heterocycles. The van der Waals surface area contributed by atoms with E-state index in [2.05, 4.69) is 44.5 Å². The fourth-order valence-corrected chi connectivity index (χ4v) is 4.00. The second-order valence-corrected chi connectivity index (χ2v) is 8.52. The summed E-state index contributed by atoms with van der Waals surface area (Å²) in [5.74, 6) is 2.34. The summed E-state index contributed by atoms with van der Waals surface area (Å²) in [6.45, 7) is 5.20. The van der Waals surface area contributed by atoms with Gasteiger partial charge in [0.2, 0.25) is 5.88 Å². The Morgan fingerprint density at radius 2 is 2.18 bits per heavy atom. The van der Waals surface area contributed by atoms with Crippen LogP contribution in [0.1, 0.15) is 49.2 Å². The minimum Gasteiger partial charge on any atom is -0.471 e. The van der Waals surface area contributed by atoms with Crippen molar-refractivity contribution in [3.63, 3.8) is 0 Å². The molecule has 2 atom stereocenters. The topological polar surface area (TPSA) is 116 Å². The van der Waals surface area contributed by atoms with E-state index < -0.39 is 0 Å². The summed E-state index contributed by atoms with van der Waals surface area (Å²) in [6, 6.07) is 3.88. The van der Waals surface area contributed by atoms with E-state index in [0.29, 0.717) is 43.1 Å². The van der Waals surface area contributed by atoms with Crippen molar-refractivity contribution in [3.05, 3.63) is 47.7 Å². The number of methoxy groups -OCH3 is 1. The molecule has 5 rings (SSSR count). The van der Waals surface area contributed by atoms with Crippen LogP contribution in [0.2, 0.25) is 0 Å².